The van der Waals surface area contributed by atoms with Crippen LogP contribution in [0.2, 0.25) is 0 Å². The second-order valence-electron chi connectivity index (χ2n) is 5.54. The maximum absolute atomic E-state index is 11.9. The Morgan fingerprint density at radius 2 is 1.86 bits per heavy atom. The lowest BCUT2D eigenvalue weighted by Crippen LogP contribution is -2.26. The normalized spacial score (nSPS) is 10.5. The van der Waals surface area contributed by atoms with E-state index in [-0.39, 0.29) is 11.9 Å². The zero-order valence-corrected chi connectivity index (χ0v) is 14.1. The van der Waals surface area contributed by atoms with Crippen molar-refractivity contribution in [2.45, 2.75) is 52.4 Å². The first-order chi connectivity index (χ1) is 10.5. The van der Waals surface area contributed by atoms with Gasteiger partial charge in [-0.2, -0.15) is 5.10 Å². The maximum Gasteiger partial charge on any atom is 0.305 e. The molecule has 1 amide bonds. The van der Waals surface area contributed by atoms with E-state index in [1.165, 1.54) is 7.11 Å². The van der Waals surface area contributed by atoms with Gasteiger partial charge in [0, 0.05) is 31.3 Å². The molecule has 22 heavy (non-hydrogen) atoms. The minimum Gasteiger partial charge on any atom is -0.469 e. The summed E-state index contributed by atoms with van der Waals surface area (Å²) in [4.78, 5) is 22.9. The molecule has 1 N–H and O–H groups in total. The molecule has 1 rings (SSSR count). The number of hydrogen-bond donors (Lipinski definition) is 1. The highest BCUT2D eigenvalue weighted by Crippen LogP contribution is 2.12. The van der Waals surface area contributed by atoms with E-state index in [1.54, 1.807) is 4.68 Å². The first kappa shape index (κ1) is 18.2. The molecule has 0 aliphatic rings. The Kier molecular flexibility index (Phi) is 7.63. The number of amides is 1. The fourth-order valence-corrected chi connectivity index (χ4v) is 2.37. The molecule has 0 aromatic carbocycles. The molecule has 1 aromatic rings. The highest BCUT2D eigenvalue weighted by molar-refractivity contribution is 5.79. The maximum atomic E-state index is 11.9. The van der Waals surface area contributed by atoms with E-state index >= 15 is 0 Å². The predicted octanol–water partition coefficient (Wildman–Crippen LogP) is 1.82. The molecule has 0 fully saturated rings. The summed E-state index contributed by atoms with van der Waals surface area (Å²) in [6.45, 7) is 4.58. The van der Waals surface area contributed by atoms with Gasteiger partial charge < -0.3 is 10.1 Å². The predicted molar refractivity (Wildman–Crippen MR) is 84.5 cm³/mol. The summed E-state index contributed by atoms with van der Waals surface area (Å²) in [5.41, 5.74) is 2.96. The minimum absolute atomic E-state index is 0.0359. The Labute approximate surface area is 132 Å². The molecule has 0 atom stereocenters. The Morgan fingerprint density at radius 1 is 1.18 bits per heavy atom. The Bertz CT molecular complexity index is 509. The lowest BCUT2D eigenvalue weighted by Gasteiger charge is -2.06. The number of aryl methyl sites for hydroxylation is 2. The summed E-state index contributed by atoms with van der Waals surface area (Å²) in [5.74, 6) is -0.121. The van der Waals surface area contributed by atoms with Gasteiger partial charge in [-0.3, -0.25) is 14.3 Å². The molecular weight excluding hydrogens is 282 g/mol. The number of carbonyl (C=O) groups is 2. The van der Waals surface area contributed by atoms with E-state index < -0.39 is 0 Å². The van der Waals surface area contributed by atoms with Gasteiger partial charge in [0.25, 0.3) is 0 Å². The smallest absolute Gasteiger partial charge is 0.305 e. The number of aromatic nitrogens is 2. The first-order valence-electron chi connectivity index (χ1n) is 7.78. The summed E-state index contributed by atoms with van der Waals surface area (Å²) in [6, 6.07) is 0. The van der Waals surface area contributed by atoms with Crippen molar-refractivity contribution >= 4 is 11.9 Å². The molecule has 0 aliphatic heterocycles. The number of nitrogens with zero attached hydrogens (tertiary/aromatic N) is 2. The average Bonchev–Trinajstić information content (AvgIpc) is 2.72. The highest BCUT2D eigenvalue weighted by atomic mass is 16.5. The molecular formula is C16H27N3O3. The van der Waals surface area contributed by atoms with Crippen molar-refractivity contribution < 1.29 is 14.3 Å². The van der Waals surface area contributed by atoms with Crippen LogP contribution in [0.1, 0.15) is 49.1 Å². The van der Waals surface area contributed by atoms with E-state index in [0.717, 1.165) is 42.6 Å². The van der Waals surface area contributed by atoms with Crippen molar-refractivity contribution in [1.29, 1.82) is 0 Å². The van der Waals surface area contributed by atoms with E-state index in [1.807, 2.05) is 20.9 Å². The van der Waals surface area contributed by atoms with Crippen LogP contribution in [-0.2, 0) is 27.8 Å². The second-order valence-corrected chi connectivity index (χ2v) is 5.54. The Morgan fingerprint density at radius 3 is 2.45 bits per heavy atom. The van der Waals surface area contributed by atoms with Crippen LogP contribution in [0.5, 0.6) is 0 Å². The molecule has 0 spiro atoms. The monoisotopic (exact) mass is 309 g/mol. The third-order valence-corrected chi connectivity index (χ3v) is 3.85. The van der Waals surface area contributed by atoms with E-state index in [9.17, 15) is 9.59 Å². The summed E-state index contributed by atoms with van der Waals surface area (Å²) in [6.07, 6.45) is 4.61. The fraction of sp³-hybridized carbons (Fsp3) is 0.688. The molecule has 0 unspecified atom stereocenters. The molecule has 1 heterocycles. The number of ether oxygens (including phenoxy) is 1. The number of esters is 1. The third kappa shape index (κ3) is 5.87. The van der Waals surface area contributed by atoms with Crippen LogP contribution in [0.3, 0.4) is 0 Å². The van der Waals surface area contributed by atoms with E-state index in [0.29, 0.717) is 19.4 Å². The van der Waals surface area contributed by atoms with Gasteiger partial charge in [-0.25, -0.2) is 0 Å². The van der Waals surface area contributed by atoms with Crippen LogP contribution < -0.4 is 5.32 Å². The van der Waals surface area contributed by atoms with Crippen molar-refractivity contribution in [3.05, 3.63) is 17.0 Å². The van der Waals surface area contributed by atoms with Crippen molar-refractivity contribution in [3.8, 4) is 0 Å². The lowest BCUT2D eigenvalue weighted by molar-refractivity contribution is -0.140. The summed E-state index contributed by atoms with van der Waals surface area (Å²) < 4.78 is 6.39. The van der Waals surface area contributed by atoms with Gasteiger partial charge >= 0.3 is 5.97 Å². The molecule has 0 aliphatic carbocycles. The van der Waals surface area contributed by atoms with Crippen molar-refractivity contribution in [3.63, 3.8) is 0 Å². The van der Waals surface area contributed by atoms with Gasteiger partial charge in [-0.1, -0.05) is 12.8 Å². The van der Waals surface area contributed by atoms with Gasteiger partial charge in [-0.15, -0.1) is 0 Å². The van der Waals surface area contributed by atoms with Gasteiger partial charge in [-0.05, 0) is 26.7 Å². The van der Waals surface area contributed by atoms with Gasteiger partial charge in [0.15, 0.2) is 0 Å². The Hall–Kier alpha value is -1.85. The SMILES string of the molecule is COC(=O)CCCCCCNC(=O)Cc1c(C)nn(C)c1C. The largest absolute Gasteiger partial charge is 0.469 e. The van der Waals surface area contributed by atoms with Crippen molar-refractivity contribution in [2.24, 2.45) is 7.05 Å². The summed E-state index contributed by atoms with van der Waals surface area (Å²) in [5, 5.41) is 7.25. The quantitative estimate of drug-likeness (QED) is 0.558. The van der Waals surface area contributed by atoms with Crippen LogP contribution in [-0.4, -0.2) is 35.3 Å². The van der Waals surface area contributed by atoms with Crippen LogP contribution >= 0.6 is 0 Å². The topological polar surface area (TPSA) is 73.2 Å². The third-order valence-electron chi connectivity index (χ3n) is 3.85. The average molecular weight is 309 g/mol. The molecule has 0 saturated carbocycles. The molecule has 6 heteroatoms. The summed E-state index contributed by atoms with van der Waals surface area (Å²) >= 11 is 0. The zero-order chi connectivity index (χ0) is 16.5. The van der Waals surface area contributed by atoms with E-state index in [4.69, 9.17) is 0 Å². The summed E-state index contributed by atoms with van der Waals surface area (Å²) in [7, 11) is 3.29. The number of unbranched alkanes of at least 4 members (excludes halogenated alkanes) is 3. The number of rotatable bonds is 9. The van der Waals surface area contributed by atoms with E-state index in [2.05, 4.69) is 15.2 Å². The van der Waals surface area contributed by atoms with Gasteiger partial charge in [0.2, 0.25) is 5.91 Å². The highest BCUT2D eigenvalue weighted by Gasteiger charge is 2.12. The van der Waals surface area contributed by atoms with Crippen LogP contribution in [0.25, 0.3) is 0 Å². The Balaban J connectivity index is 2.15. The van der Waals surface area contributed by atoms with Crippen LogP contribution in [0.15, 0.2) is 0 Å². The van der Waals surface area contributed by atoms with Crippen LogP contribution in [0.4, 0.5) is 0 Å². The number of carbonyl (C=O) groups excluding carboxylic acids is 2. The number of hydrogen-bond acceptors (Lipinski definition) is 4. The van der Waals surface area contributed by atoms with Crippen LogP contribution in [0, 0.1) is 13.8 Å². The molecule has 0 saturated heterocycles. The number of methoxy groups -OCH3 is 1. The lowest BCUT2D eigenvalue weighted by atomic mass is 10.1. The van der Waals surface area contributed by atoms with Gasteiger partial charge in [0.1, 0.15) is 0 Å². The molecule has 0 radical (unpaired) electrons. The minimum atomic E-state index is -0.157. The number of nitrogens with one attached hydrogen (secondary N) is 1. The molecule has 0 bridgehead atoms. The van der Waals surface area contributed by atoms with Crippen molar-refractivity contribution in [2.75, 3.05) is 13.7 Å². The molecule has 1 aromatic heterocycles. The molecule has 6 nitrogen and oxygen atoms in total. The van der Waals surface area contributed by atoms with Gasteiger partial charge in [0.05, 0.1) is 19.2 Å². The second kappa shape index (κ2) is 9.23. The molecule has 124 valence electrons. The first-order valence-corrected chi connectivity index (χ1v) is 7.78. The van der Waals surface area contributed by atoms with Crippen molar-refractivity contribution in [1.82, 2.24) is 15.1 Å². The zero-order valence-electron chi connectivity index (χ0n) is 14.1. The fourth-order valence-electron chi connectivity index (χ4n) is 2.37. The standard InChI is InChI=1S/C16H27N3O3/c1-12-14(13(2)19(3)18-12)11-15(20)17-10-8-6-5-7-9-16(21)22-4/h5-11H2,1-4H3,(H,17,20).